The molecule has 2 aromatic rings. The molecule has 0 unspecified atom stereocenters. The number of thiophene rings is 1. The van der Waals surface area contributed by atoms with Gasteiger partial charge in [-0.3, -0.25) is 9.59 Å². The molecule has 0 radical (unpaired) electrons. The highest BCUT2D eigenvalue weighted by Gasteiger charge is 2.24. The van der Waals surface area contributed by atoms with Crippen molar-refractivity contribution in [2.45, 2.75) is 39.2 Å². The molecule has 128 valence electrons. The van der Waals surface area contributed by atoms with Crippen molar-refractivity contribution in [2.24, 2.45) is 5.92 Å². The first kappa shape index (κ1) is 16.9. The molecular weight excluding hydrogens is 322 g/mol. The highest BCUT2D eigenvalue weighted by Crippen LogP contribution is 2.22. The van der Waals surface area contributed by atoms with Gasteiger partial charge in [0.2, 0.25) is 5.91 Å². The zero-order valence-corrected chi connectivity index (χ0v) is 14.8. The SMILES string of the molecule is CCCC(=O)N1CCC[C@H](Cn2nc(-c3cccs3)ccc2=O)C1. The number of nitrogens with zero attached hydrogens (tertiary/aromatic N) is 3. The van der Waals surface area contributed by atoms with E-state index in [4.69, 9.17) is 0 Å². The molecule has 1 aliphatic rings. The third-order valence-corrected chi connectivity index (χ3v) is 5.30. The molecule has 3 rings (SSSR count). The summed E-state index contributed by atoms with van der Waals surface area (Å²) in [4.78, 5) is 27.3. The molecule has 5 nitrogen and oxygen atoms in total. The zero-order valence-electron chi connectivity index (χ0n) is 14.0. The van der Waals surface area contributed by atoms with E-state index in [1.165, 1.54) is 0 Å². The maximum absolute atomic E-state index is 12.2. The van der Waals surface area contributed by atoms with E-state index in [0.717, 1.165) is 42.9 Å². The monoisotopic (exact) mass is 345 g/mol. The van der Waals surface area contributed by atoms with Crippen LogP contribution < -0.4 is 5.56 Å². The van der Waals surface area contributed by atoms with Crippen molar-refractivity contribution in [3.05, 3.63) is 40.0 Å². The summed E-state index contributed by atoms with van der Waals surface area (Å²) in [7, 11) is 0. The van der Waals surface area contributed by atoms with Crippen molar-refractivity contribution in [1.82, 2.24) is 14.7 Å². The summed E-state index contributed by atoms with van der Waals surface area (Å²) in [5.41, 5.74) is 0.756. The third-order valence-electron chi connectivity index (χ3n) is 4.41. The predicted octanol–water partition coefficient (Wildman–Crippen LogP) is 3.01. The number of amides is 1. The van der Waals surface area contributed by atoms with Gasteiger partial charge in [-0.05, 0) is 42.7 Å². The largest absolute Gasteiger partial charge is 0.342 e. The van der Waals surface area contributed by atoms with E-state index in [0.29, 0.717) is 18.9 Å². The maximum atomic E-state index is 12.2. The van der Waals surface area contributed by atoms with E-state index in [2.05, 4.69) is 5.10 Å². The van der Waals surface area contributed by atoms with Gasteiger partial charge in [-0.2, -0.15) is 5.10 Å². The quantitative estimate of drug-likeness (QED) is 0.837. The molecule has 0 aliphatic carbocycles. The Labute approximate surface area is 145 Å². The van der Waals surface area contributed by atoms with Crippen LogP contribution in [-0.2, 0) is 11.3 Å². The van der Waals surface area contributed by atoms with Gasteiger partial charge in [0.1, 0.15) is 5.69 Å². The van der Waals surface area contributed by atoms with Crippen molar-refractivity contribution in [3.8, 4) is 10.6 Å². The van der Waals surface area contributed by atoms with Gasteiger partial charge < -0.3 is 4.90 Å². The summed E-state index contributed by atoms with van der Waals surface area (Å²) in [6, 6.07) is 7.36. The van der Waals surface area contributed by atoms with Crippen LogP contribution in [0.4, 0.5) is 0 Å². The summed E-state index contributed by atoms with van der Waals surface area (Å²) in [6.07, 6.45) is 3.52. The van der Waals surface area contributed by atoms with Gasteiger partial charge in [0.05, 0.1) is 4.88 Å². The van der Waals surface area contributed by atoms with Crippen molar-refractivity contribution >= 4 is 17.2 Å². The van der Waals surface area contributed by atoms with Crippen LogP contribution in [0, 0.1) is 5.92 Å². The zero-order chi connectivity index (χ0) is 16.9. The molecule has 0 bridgehead atoms. The minimum absolute atomic E-state index is 0.0766. The number of likely N-dealkylation sites (tertiary alicyclic amines) is 1. The summed E-state index contributed by atoms with van der Waals surface area (Å²) >= 11 is 1.62. The lowest BCUT2D eigenvalue weighted by atomic mass is 9.97. The van der Waals surface area contributed by atoms with Gasteiger partial charge in [0.15, 0.2) is 0 Å². The molecule has 1 atom stereocenters. The molecule has 24 heavy (non-hydrogen) atoms. The Hall–Kier alpha value is -1.95. The van der Waals surface area contributed by atoms with Crippen molar-refractivity contribution in [1.29, 1.82) is 0 Å². The number of hydrogen-bond acceptors (Lipinski definition) is 4. The minimum atomic E-state index is -0.0766. The lowest BCUT2D eigenvalue weighted by molar-refractivity contribution is -0.133. The molecule has 3 heterocycles. The van der Waals surface area contributed by atoms with Crippen LogP contribution in [0.25, 0.3) is 10.6 Å². The first-order valence-corrected chi connectivity index (χ1v) is 9.45. The molecule has 1 saturated heterocycles. The summed E-state index contributed by atoms with van der Waals surface area (Å²) < 4.78 is 1.56. The van der Waals surface area contributed by atoms with Gasteiger partial charge >= 0.3 is 0 Å². The normalized spacial score (nSPS) is 17.9. The Morgan fingerprint density at radius 1 is 1.38 bits per heavy atom. The maximum Gasteiger partial charge on any atom is 0.266 e. The Balaban J connectivity index is 1.72. The second kappa shape index (κ2) is 7.75. The van der Waals surface area contributed by atoms with Gasteiger partial charge in [-0.1, -0.05) is 13.0 Å². The number of carbonyl (C=O) groups is 1. The second-order valence-corrected chi connectivity index (χ2v) is 7.26. The number of aromatic nitrogens is 2. The smallest absolute Gasteiger partial charge is 0.266 e. The molecule has 0 saturated carbocycles. The van der Waals surface area contributed by atoms with Crippen LogP contribution in [0.5, 0.6) is 0 Å². The van der Waals surface area contributed by atoms with Crippen LogP contribution in [0.2, 0.25) is 0 Å². The molecule has 1 amide bonds. The first-order valence-electron chi connectivity index (χ1n) is 8.57. The van der Waals surface area contributed by atoms with Crippen LogP contribution >= 0.6 is 11.3 Å². The number of carbonyl (C=O) groups excluding carboxylic acids is 1. The van der Waals surface area contributed by atoms with Gasteiger partial charge in [-0.15, -0.1) is 11.3 Å². The number of rotatable bonds is 5. The van der Waals surface area contributed by atoms with Gasteiger partial charge in [0, 0.05) is 32.1 Å². The van der Waals surface area contributed by atoms with E-state index in [9.17, 15) is 9.59 Å². The van der Waals surface area contributed by atoms with Crippen LogP contribution in [0.15, 0.2) is 34.4 Å². The van der Waals surface area contributed by atoms with Crippen molar-refractivity contribution in [3.63, 3.8) is 0 Å². The van der Waals surface area contributed by atoms with E-state index >= 15 is 0 Å². The molecule has 1 aliphatic heterocycles. The molecule has 1 fully saturated rings. The average Bonchev–Trinajstić information content (AvgIpc) is 3.12. The fourth-order valence-electron chi connectivity index (χ4n) is 3.19. The van der Waals surface area contributed by atoms with Crippen LogP contribution in [0.1, 0.15) is 32.6 Å². The second-order valence-electron chi connectivity index (χ2n) is 6.31. The van der Waals surface area contributed by atoms with E-state index in [-0.39, 0.29) is 11.5 Å². The fraction of sp³-hybridized carbons (Fsp3) is 0.500. The van der Waals surface area contributed by atoms with Gasteiger partial charge in [0.25, 0.3) is 5.56 Å². The first-order chi connectivity index (χ1) is 11.7. The predicted molar refractivity (Wildman–Crippen MR) is 96.0 cm³/mol. The molecule has 2 aromatic heterocycles. The van der Waals surface area contributed by atoms with Gasteiger partial charge in [-0.25, -0.2) is 4.68 Å². The van der Waals surface area contributed by atoms with E-state index in [1.54, 1.807) is 28.2 Å². The third kappa shape index (κ3) is 3.93. The highest BCUT2D eigenvalue weighted by atomic mass is 32.1. The Bertz CT molecular complexity index is 739. The topological polar surface area (TPSA) is 55.2 Å². The number of piperidine rings is 1. The minimum Gasteiger partial charge on any atom is -0.342 e. The van der Waals surface area contributed by atoms with E-state index in [1.807, 2.05) is 29.3 Å². The molecule has 0 aromatic carbocycles. The lowest BCUT2D eigenvalue weighted by Gasteiger charge is -2.32. The highest BCUT2D eigenvalue weighted by molar-refractivity contribution is 7.13. The van der Waals surface area contributed by atoms with Crippen LogP contribution in [-0.4, -0.2) is 33.7 Å². The molecule has 0 N–H and O–H groups in total. The Morgan fingerprint density at radius 3 is 3.00 bits per heavy atom. The number of hydrogen-bond donors (Lipinski definition) is 0. The standard InChI is InChI=1S/C18H23N3O2S/c1-2-5-17(22)20-10-3-6-14(12-20)13-21-18(23)9-8-15(19-21)16-7-4-11-24-16/h4,7-9,11,14H,2-3,5-6,10,12-13H2,1H3/t14-/m0/s1. The van der Waals surface area contributed by atoms with Crippen molar-refractivity contribution < 1.29 is 4.79 Å². The summed E-state index contributed by atoms with van der Waals surface area (Å²) in [5, 5.41) is 6.53. The molecular formula is C18H23N3O2S. The van der Waals surface area contributed by atoms with E-state index < -0.39 is 0 Å². The molecule has 0 spiro atoms. The summed E-state index contributed by atoms with van der Waals surface area (Å²) in [6.45, 7) is 4.18. The van der Waals surface area contributed by atoms with Crippen molar-refractivity contribution in [2.75, 3.05) is 13.1 Å². The average molecular weight is 345 g/mol. The fourth-order valence-corrected chi connectivity index (χ4v) is 3.88. The Morgan fingerprint density at radius 2 is 2.25 bits per heavy atom. The Kier molecular flexibility index (Phi) is 5.45. The lowest BCUT2D eigenvalue weighted by Crippen LogP contribution is -2.42. The summed E-state index contributed by atoms with van der Waals surface area (Å²) in [5.74, 6) is 0.526. The molecule has 6 heteroatoms. The van der Waals surface area contributed by atoms with Crippen LogP contribution in [0.3, 0.4) is 0 Å².